The predicted octanol–water partition coefficient (Wildman–Crippen LogP) is 1.05. The van der Waals surface area contributed by atoms with Crippen LogP contribution in [-0.4, -0.2) is 18.9 Å². The van der Waals surface area contributed by atoms with Crippen molar-refractivity contribution < 1.29 is 4.84 Å². The standard InChI is InChI=1S/C8H12N2O/c1-2-11-10-7-8-5-3-4-6-9-8/h3-9H,2H2,1H3. The van der Waals surface area contributed by atoms with Crippen LogP contribution in [0.4, 0.5) is 0 Å². The highest BCUT2D eigenvalue weighted by atomic mass is 16.6. The first-order chi connectivity index (χ1) is 5.43. The van der Waals surface area contributed by atoms with E-state index < -0.39 is 0 Å². The summed E-state index contributed by atoms with van der Waals surface area (Å²) >= 11 is 0. The Morgan fingerprint density at radius 2 is 2.55 bits per heavy atom. The molecule has 60 valence electrons. The van der Waals surface area contributed by atoms with Gasteiger partial charge in [0, 0.05) is 0 Å². The summed E-state index contributed by atoms with van der Waals surface area (Å²) in [5.41, 5.74) is 0. The van der Waals surface area contributed by atoms with Gasteiger partial charge in [0.2, 0.25) is 0 Å². The summed E-state index contributed by atoms with van der Waals surface area (Å²) in [6.45, 7) is 2.52. The van der Waals surface area contributed by atoms with Crippen LogP contribution < -0.4 is 5.32 Å². The monoisotopic (exact) mass is 152 g/mol. The van der Waals surface area contributed by atoms with Crippen LogP contribution >= 0.6 is 0 Å². The van der Waals surface area contributed by atoms with Gasteiger partial charge in [0.25, 0.3) is 0 Å². The molecule has 0 saturated heterocycles. The zero-order chi connectivity index (χ0) is 7.94. The molecule has 1 rings (SSSR count). The zero-order valence-corrected chi connectivity index (χ0v) is 6.53. The number of rotatable bonds is 3. The number of allylic oxidation sites excluding steroid dienone is 2. The molecule has 1 aliphatic rings. The van der Waals surface area contributed by atoms with Gasteiger partial charge < -0.3 is 10.2 Å². The molecule has 0 bridgehead atoms. The second kappa shape index (κ2) is 4.55. The maximum absolute atomic E-state index is 4.81. The first kappa shape index (κ1) is 7.85. The Labute approximate surface area is 66.4 Å². The van der Waals surface area contributed by atoms with Crippen LogP contribution in [0, 0.1) is 0 Å². The summed E-state index contributed by atoms with van der Waals surface area (Å²) in [5, 5.41) is 6.82. The molecule has 1 unspecified atom stereocenters. The van der Waals surface area contributed by atoms with Gasteiger partial charge in [-0.2, -0.15) is 0 Å². The summed E-state index contributed by atoms with van der Waals surface area (Å²) in [5.74, 6) is 0. The Morgan fingerprint density at radius 3 is 3.18 bits per heavy atom. The van der Waals surface area contributed by atoms with E-state index in [4.69, 9.17) is 4.84 Å². The van der Waals surface area contributed by atoms with Gasteiger partial charge in [-0.25, -0.2) is 0 Å². The maximum atomic E-state index is 4.81. The molecule has 0 amide bonds. The molecule has 0 aliphatic carbocycles. The molecule has 11 heavy (non-hydrogen) atoms. The number of hydrogen-bond acceptors (Lipinski definition) is 3. The van der Waals surface area contributed by atoms with Crippen LogP contribution in [0.25, 0.3) is 0 Å². The molecule has 0 spiro atoms. The van der Waals surface area contributed by atoms with Gasteiger partial charge in [0.1, 0.15) is 6.61 Å². The number of dihydropyridines is 1. The summed E-state index contributed by atoms with van der Waals surface area (Å²) in [4.78, 5) is 4.81. The van der Waals surface area contributed by atoms with E-state index in [1.54, 1.807) is 6.21 Å². The first-order valence-electron chi connectivity index (χ1n) is 3.68. The fraction of sp³-hybridized carbons (Fsp3) is 0.375. The third kappa shape index (κ3) is 2.89. The molecule has 0 radical (unpaired) electrons. The van der Waals surface area contributed by atoms with E-state index in [9.17, 15) is 0 Å². The molecule has 3 heteroatoms. The summed E-state index contributed by atoms with van der Waals surface area (Å²) in [7, 11) is 0. The average molecular weight is 152 g/mol. The van der Waals surface area contributed by atoms with Crippen molar-refractivity contribution in [1.82, 2.24) is 5.32 Å². The molecule has 3 nitrogen and oxygen atoms in total. The SMILES string of the molecule is CCON=CC1C=CC=CN1. The topological polar surface area (TPSA) is 33.6 Å². The Hall–Kier alpha value is -1.25. The third-order valence-electron chi connectivity index (χ3n) is 1.24. The fourth-order valence-corrected chi connectivity index (χ4v) is 0.737. The first-order valence-corrected chi connectivity index (χ1v) is 3.68. The van der Waals surface area contributed by atoms with Gasteiger partial charge >= 0.3 is 0 Å². The lowest BCUT2D eigenvalue weighted by molar-refractivity contribution is 0.159. The van der Waals surface area contributed by atoms with Crippen LogP contribution in [0.5, 0.6) is 0 Å². The number of nitrogens with zero attached hydrogens (tertiary/aromatic N) is 1. The molecule has 0 saturated carbocycles. The summed E-state index contributed by atoms with van der Waals surface area (Å²) < 4.78 is 0. The molecular weight excluding hydrogens is 140 g/mol. The van der Waals surface area contributed by atoms with Crippen molar-refractivity contribution in [3.63, 3.8) is 0 Å². The highest BCUT2D eigenvalue weighted by Gasteiger charge is 1.97. The smallest absolute Gasteiger partial charge is 0.114 e. The molecule has 0 fully saturated rings. The van der Waals surface area contributed by atoms with Crippen LogP contribution in [-0.2, 0) is 4.84 Å². The normalized spacial score (nSPS) is 22.1. The molecule has 0 aromatic carbocycles. The molecule has 1 heterocycles. The molecule has 1 aliphatic heterocycles. The van der Waals surface area contributed by atoms with Crippen molar-refractivity contribution >= 4 is 6.21 Å². The maximum Gasteiger partial charge on any atom is 0.114 e. The van der Waals surface area contributed by atoms with Crippen molar-refractivity contribution in [3.8, 4) is 0 Å². The lowest BCUT2D eigenvalue weighted by Gasteiger charge is -2.08. The van der Waals surface area contributed by atoms with Crippen molar-refractivity contribution in [1.29, 1.82) is 0 Å². The Balaban J connectivity index is 2.26. The summed E-state index contributed by atoms with van der Waals surface area (Å²) in [6, 6.07) is 0.173. The molecule has 0 aromatic heterocycles. The van der Waals surface area contributed by atoms with Crippen molar-refractivity contribution in [2.45, 2.75) is 13.0 Å². The Kier molecular flexibility index (Phi) is 3.25. The van der Waals surface area contributed by atoms with Gasteiger partial charge in [0.05, 0.1) is 12.3 Å². The van der Waals surface area contributed by atoms with Gasteiger partial charge in [-0.3, -0.25) is 0 Å². The van der Waals surface area contributed by atoms with Crippen LogP contribution in [0.2, 0.25) is 0 Å². The van der Waals surface area contributed by atoms with E-state index in [2.05, 4.69) is 10.5 Å². The van der Waals surface area contributed by atoms with Gasteiger partial charge in [-0.1, -0.05) is 17.3 Å². The lowest BCUT2D eigenvalue weighted by atomic mass is 10.2. The van der Waals surface area contributed by atoms with Gasteiger partial charge in [0.15, 0.2) is 0 Å². The van der Waals surface area contributed by atoms with E-state index in [-0.39, 0.29) is 6.04 Å². The second-order valence-electron chi connectivity index (χ2n) is 2.11. The predicted molar refractivity (Wildman–Crippen MR) is 45.3 cm³/mol. The van der Waals surface area contributed by atoms with E-state index >= 15 is 0 Å². The van der Waals surface area contributed by atoms with Crippen molar-refractivity contribution in [3.05, 3.63) is 24.4 Å². The number of nitrogens with one attached hydrogen (secondary N) is 1. The van der Waals surface area contributed by atoms with E-state index in [1.807, 2.05) is 31.4 Å². The number of oxime groups is 1. The van der Waals surface area contributed by atoms with Crippen LogP contribution in [0.1, 0.15) is 6.92 Å². The summed E-state index contributed by atoms with van der Waals surface area (Å²) in [6.07, 6.45) is 9.51. The highest BCUT2D eigenvalue weighted by molar-refractivity contribution is 5.67. The highest BCUT2D eigenvalue weighted by Crippen LogP contribution is 1.91. The van der Waals surface area contributed by atoms with Gasteiger partial charge in [-0.05, 0) is 19.2 Å². The Bertz CT molecular complexity index is 185. The van der Waals surface area contributed by atoms with E-state index in [0.29, 0.717) is 6.61 Å². The zero-order valence-electron chi connectivity index (χ0n) is 6.53. The third-order valence-corrected chi connectivity index (χ3v) is 1.24. The van der Waals surface area contributed by atoms with Crippen molar-refractivity contribution in [2.75, 3.05) is 6.61 Å². The molecule has 0 aromatic rings. The van der Waals surface area contributed by atoms with Gasteiger partial charge in [-0.15, -0.1) is 0 Å². The van der Waals surface area contributed by atoms with Crippen molar-refractivity contribution in [2.24, 2.45) is 5.16 Å². The largest absolute Gasteiger partial charge is 0.396 e. The molecule has 1 atom stereocenters. The van der Waals surface area contributed by atoms with Crippen LogP contribution in [0.15, 0.2) is 29.6 Å². The van der Waals surface area contributed by atoms with E-state index in [1.165, 1.54) is 0 Å². The van der Waals surface area contributed by atoms with Crippen LogP contribution in [0.3, 0.4) is 0 Å². The fourth-order valence-electron chi connectivity index (χ4n) is 0.737. The Morgan fingerprint density at radius 1 is 1.64 bits per heavy atom. The minimum atomic E-state index is 0.173. The lowest BCUT2D eigenvalue weighted by Crippen LogP contribution is -2.24. The quantitative estimate of drug-likeness (QED) is 0.484. The number of hydrogen-bond donors (Lipinski definition) is 1. The minimum Gasteiger partial charge on any atom is -0.396 e. The van der Waals surface area contributed by atoms with E-state index in [0.717, 1.165) is 0 Å². The molecular formula is C8H12N2O. The molecule has 1 N–H and O–H groups in total. The average Bonchev–Trinajstić information content (AvgIpc) is 2.07. The minimum absolute atomic E-state index is 0.173. The second-order valence-corrected chi connectivity index (χ2v) is 2.11.